The van der Waals surface area contributed by atoms with Crippen molar-refractivity contribution in [3.05, 3.63) is 66.1 Å². The first-order valence-electron chi connectivity index (χ1n) is 13.5. The van der Waals surface area contributed by atoms with Gasteiger partial charge in [-0.15, -0.1) is 0 Å². The van der Waals surface area contributed by atoms with Crippen LogP contribution in [0.1, 0.15) is 48.7 Å². The number of nitrogens with one attached hydrogen (secondary N) is 1. The normalized spacial score (nSPS) is 19.2. The van der Waals surface area contributed by atoms with Crippen molar-refractivity contribution in [2.75, 3.05) is 19.5 Å². The van der Waals surface area contributed by atoms with Crippen LogP contribution in [0.4, 0.5) is 5.82 Å². The number of amides is 1. The molecule has 1 fully saturated rings. The molecule has 42 heavy (non-hydrogen) atoms. The number of ether oxygens (including phenoxy) is 1. The van der Waals surface area contributed by atoms with E-state index in [1.165, 1.54) is 11.4 Å². The number of nitrogens with zero attached hydrogens (tertiary/aromatic N) is 6. The number of methoxy groups -OCH3 is 1. The number of hydrazine groups is 1. The Morgan fingerprint density at radius 2 is 1.88 bits per heavy atom. The number of pyridine rings is 1. The number of nitrogens with two attached hydrogens (primary N) is 3. The van der Waals surface area contributed by atoms with Gasteiger partial charge in [-0.1, -0.05) is 36.4 Å². The largest absolute Gasteiger partial charge is 0.383 e. The molecular formula is C29H34N10O3. The summed E-state index contributed by atoms with van der Waals surface area (Å²) in [5.74, 6) is 10.0. The second-order valence-electron chi connectivity index (χ2n) is 10.4. The average Bonchev–Trinajstić information content (AvgIpc) is 3.42. The third-order valence-corrected chi connectivity index (χ3v) is 7.71. The first-order valence-corrected chi connectivity index (χ1v) is 13.5. The number of nitrogen functional groups attached to an aromatic ring is 1. The number of likely N-dealkylation sites (tertiary alicyclic amines) is 1. The van der Waals surface area contributed by atoms with E-state index in [1.807, 2.05) is 49.4 Å². The summed E-state index contributed by atoms with van der Waals surface area (Å²) in [7, 11) is 1.56. The number of hydrogen-bond acceptors (Lipinski definition) is 10. The van der Waals surface area contributed by atoms with Crippen LogP contribution in [0.3, 0.4) is 0 Å². The molecule has 7 N–H and O–H groups in total. The number of rotatable bonds is 6. The van der Waals surface area contributed by atoms with Crippen molar-refractivity contribution in [1.29, 1.82) is 0 Å². The third-order valence-electron chi connectivity index (χ3n) is 7.71. The van der Waals surface area contributed by atoms with Crippen LogP contribution in [0, 0.1) is 0 Å². The number of carbonyl (C=O) groups excluding carboxylic acids is 2. The number of benzene rings is 1. The molecule has 218 valence electrons. The fourth-order valence-corrected chi connectivity index (χ4v) is 5.86. The lowest BCUT2D eigenvalue weighted by atomic mass is 9.82. The van der Waals surface area contributed by atoms with Gasteiger partial charge in [0.05, 0.1) is 35.8 Å². The topological polar surface area (TPSA) is 192 Å². The molecule has 1 saturated heterocycles. The molecule has 1 aliphatic heterocycles. The monoisotopic (exact) mass is 570 g/mol. The molecule has 0 radical (unpaired) electrons. The molecule has 13 nitrogen and oxygen atoms in total. The molecule has 1 amide bonds. The molecule has 0 aliphatic carbocycles. The zero-order valence-electron chi connectivity index (χ0n) is 23.7. The van der Waals surface area contributed by atoms with Gasteiger partial charge in [-0.2, -0.15) is 14.7 Å². The molecule has 0 bridgehead atoms. The number of hydrazone groups is 1. The van der Waals surface area contributed by atoms with Gasteiger partial charge in [0.25, 0.3) is 5.91 Å². The number of carbonyl (C=O) groups is 2. The second-order valence-corrected chi connectivity index (χ2v) is 10.4. The summed E-state index contributed by atoms with van der Waals surface area (Å²) in [5.41, 5.74) is 13.6. The second kappa shape index (κ2) is 11.9. The molecule has 4 aromatic rings. The Hall–Kier alpha value is -4.88. The van der Waals surface area contributed by atoms with Crippen LogP contribution in [0.15, 0.2) is 60.0 Å². The van der Waals surface area contributed by atoms with Crippen LogP contribution in [0.25, 0.3) is 28.0 Å². The van der Waals surface area contributed by atoms with Gasteiger partial charge in [0.1, 0.15) is 5.82 Å². The lowest BCUT2D eigenvalue weighted by molar-refractivity contribution is -0.132. The number of anilines is 1. The average molecular weight is 571 g/mol. The Kier molecular flexibility index (Phi) is 8.13. The number of aromatic nitrogens is 4. The van der Waals surface area contributed by atoms with E-state index in [0.29, 0.717) is 29.7 Å². The minimum atomic E-state index is -0.438. The van der Waals surface area contributed by atoms with E-state index in [1.54, 1.807) is 24.4 Å². The number of ketones is 1. The van der Waals surface area contributed by atoms with Crippen LogP contribution in [-0.4, -0.2) is 67.8 Å². The van der Waals surface area contributed by atoms with Crippen molar-refractivity contribution in [3.63, 3.8) is 0 Å². The lowest BCUT2D eigenvalue weighted by Crippen LogP contribution is -2.57. The van der Waals surface area contributed by atoms with Crippen LogP contribution >= 0.6 is 0 Å². The van der Waals surface area contributed by atoms with Gasteiger partial charge in [-0.05, 0) is 32.8 Å². The Morgan fingerprint density at radius 1 is 1.12 bits per heavy atom. The predicted molar refractivity (Wildman–Crippen MR) is 159 cm³/mol. The summed E-state index contributed by atoms with van der Waals surface area (Å²) >= 11 is 0. The van der Waals surface area contributed by atoms with Gasteiger partial charge in [0, 0.05) is 42.0 Å². The first kappa shape index (κ1) is 28.6. The number of Topliss-reactive ketones (excluding diaryl/α,β-unsaturated/α-hetero) is 1. The SMILES string of the molecule is COCC1CC(c2nc3c(-c4ccc(-c5ccccc5)nc4)cnn3c(N)c2C(C)=O)CC(C)N1C(=O)/C(=N\N)NN. The molecule has 0 spiro atoms. The zero-order chi connectivity index (χ0) is 30.0. The van der Waals surface area contributed by atoms with Crippen molar-refractivity contribution < 1.29 is 14.3 Å². The maximum absolute atomic E-state index is 13.2. The van der Waals surface area contributed by atoms with Crippen molar-refractivity contribution >= 4 is 29.0 Å². The quantitative estimate of drug-likeness (QED) is 0.0877. The Morgan fingerprint density at radius 3 is 2.50 bits per heavy atom. The summed E-state index contributed by atoms with van der Waals surface area (Å²) in [6.07, 6.45) is 4.43. The zero-order valence-corrected chi connectivity index (χ0v) is 23.7. The molecule has 3 unspecified atom stereocenters. The van der Waals surface area contributed by atoms with Gasteiger partial charge < -0.3 is 26.6 Å². The van der Waals surface area contributed by atoms with Crippen LogP contribution in [-0.2, 0) is 9.53 Å². The molecule has 4 heterocycles. The molecule has 3 atom stereocenters. The first-order chi connectivity index (χ1) is 20.3. The van der Waals surface area contributed by atoms with Crippen LogP contribution in [0.2, 0.25) is 0 Å². The highest BCUT2D eigenvalue weighted by Gasteiger charge is 2.40. The van der Waals surface area contributed by atoms with Crippen molar-refractivity contribution in [2.24, 2.45) is 16.8 Å². The molecule has 5 rings (SSSR count). The number of amidine groups is 1. The summed E-state index contributed by atoms with van der Waals surface area (Å²) in [4.78, 5) is 37.5. The molecule has 13 heteroatoms. The molecule has 3 aromatic heterocycles. The highest BCUT2D eigenvalue weighted by atomic mass is 16.5. The highest BCUT2D eigenvalue weighted by Crippen LogP contribution is 2.39. The Balaban J connectivity index is 1.56. The molecule has 1 aliphatic rings. The smallest absolute Gasteiger partial charge is 0.292 e. The minimum absolute atomic E-state index is 0.162. The van der Waals surface area contributed by atoms with E-state index in [0.717, 1.165) is 22.4 Å². The summed E-state index contributed by atoms with van der Waals surface area (Å²) in [6, 6.07) is 13.2. The van der Waals surface area contributed by atoms with E-state index >= 15 is 0 Å². The number of piperidine rings is 1. The van der Waals surface area contributed by atoms with Gasteiger partial charge >= 0.3 is 0 Å². The van der Waals surface area contributed by atoms with Crippen molar-refractivity contribution in [2.45, 2.75) is 44.7 Å². The Bertz CT molecular complexity index is 1640. The summed E-state index contributed by atoms with van der Waals surface area (Å²) in [6.45, 7) is 3.63. The van der Waals surface area contributed by atoms with E-state index in [4.69, 9.17) is 27.1 Å². The van der Waals surface area contributed by atoms with E-state index in [-0.39, 0.29) is 42.0 Å². The van der Waals surface area contributed by atoms with Gasteiger partial charge in [-0.3, -0.25) is 14.6 Å². The molecular weight excluding hydrogens is 536 g/mol. The van der Waals surface area contributed by atoms with Gasteiger partial charge in [0.15, 0.2) is 11.4 Å². The maximum atomic E-state index is 13.2. The fraction of sp³-hybridized carbons (Fsp3) is 0.310. The van der Waals surface area contributed by atoms with Crippen molar-refractivity contribution in [3.8, 4) is 22.4 Å². The summed E-state index contributed by atoms with van der Waals surface area (Å²) in [5, 5.41) is 7.96. The highest BCUT2D eigenvalue weighted by molar-refractivity contribution is 6.37. The van der Waals surface area contributed by atoms with Crippen molar-refractivity contribution in [1.82, 2.24) is 29.9 Å². The molecule has 1 aromatic carbocycles. The van der Waals surface area contributed by atoms with E-state index in [9.17, 15) is 9.59 Å². The van der Waals surface area contributed by atoms with E-state index < -0.39 is 5.91 Å². The van der Waals surface area contributed by atoms with Crippen LogP contribution in [0.5, 0.6) is 0 Å². The van der Waals surface area contributed by atoms with Gasteiger partial charge in [-0.25, -0.2) is 10.8 Å². The third kappa shape index (κ3) is 5.15. The standard InChI is InChI=1S/C29H34N10O3/c1-16-11-20(12-21(15-42-3)38(16)29(41)27(36-31)37-32)25-24(17(2)40)26(30)39-28(35-25)22(14-34-39)19-9-10-23(33-13-19)18-7-5-4-6-8-18/h4-10,13-14,16,20-21H,11-12,15,30-32H2,1-3H3,(H,36,37). The Labute approximate surface area is 242 Å². The fourth-order valence-electron chi connectivity index (χ4n) is 5.86. The summed E-state index contributed by atoms with van der Waals surface area (Å²) < 4.78 is 6.96. The molecule has 0 saturated carbocycles. The van der Waals surface area contributed by atoms with Gasteiger partial charge in [0.2, 0.25) is 5.84 Å². The minimum Gasteiger partial charge on any atom is -0.383 e. The lowest BCUT2D eigenvalue weighted by Gasteiger charge is -2.43. The maximum Gasteiger partial charge on any atom is 0.292 e. The predicted octanol–water partition coefficient (Wildman–Crippen LogP) is 2.09. The van der Waals surface area contributed by atoms with Crippen LogP contribution < -0.4 is 22.8 Å². The number of fused-ring (bicyclic) bond motifs is 1. The number of hydrogen-bond donors (Lipinski definition) is 4. The van der Waals surface area contributed by atoms with E-state index in [2.05, 4.69) is 20.6 Å².